The standard InChI is InChI=1S/C8H15ClO4/c9-5-3-1-2-4-6(10)7(11)8(12)13/h6-7,10-11H,1-5H2,(H,12,13). The average molecular weight is 211 g/mol. The van der Waals surface area contributed by atoms with E-state index in [9.17, 15) is 4.79 Å². The Morgan fingerprint density at radius 1 is 1.23 bits per heavy atom. The highest BCUT2D eigenvalue weighted by Crippen LogP contribution is 2.07. The van der Waals surface area contributed by atoms with E-state index in [0.717, 1.165) is 12.8 Å². The summed E-state index contributed by atoms with van der Waals surface area (Å²) < 4.78 is 0. The van der Waals surface area contributed by atoms with Crippen LogP contribution < -0.4 is 0 Å². The summed E-state index contributed by atoms with van der Waals surface area (Å²) in [5.74, 6) is -0.817. The minimum atomic E-state index is -1.67. The molecule has 0 aromatic rings. The van der Waals surface area contributed by atoms with Crippen LogP contribution in [-0.2, 0) is 4.79 Å². The lowest BCUT2D eigenvalue weighted by atomic mass is 10.1. The third-order valence-electron chi connectivity index (χ3n) is 1.75. The molecule has 0 heterocycles. The maximum atomic E-state index is 10.2. The molecular formula is C8H15ClO4. The monoisotopic (exact) mass is 210 g/mol. The largest absolute Gasteiger partial charge is 0.479 e. The Morgan fingerprint density at radius 2 is 1.85 bits per heavy atom. The van der Waals surface area contributed by atoms with Gasteiger partial charge in [0.05, 0.1) is 6.10 Å². The predicted molar refractivity (Wildman–Crippen MR) is 48.8 cm³/mol. The van der Waals surface area contributed by atoms with E-state index in [1.54, 1.807) is 0 Å². The van der Waals surface area contributed by atoms with Crippen molar-refractivity contribution in [3.8, 4) is 0 Å². The minimum Gasteiger partial charge on any atom is -0.479 e. The van der Waals surface area contributed by atoms with Crippen molar-refractivity contribution in [3.63, 3.8) is 0 Å². The van der Waals surface area contributed by atoms with Gasteiger partial charge in [0.1, 0.15) is 0 Å². The van der Waals surface area contributed by atoms with Crippen LogP contribution in [-0.4, -0.2) is 39.4 Å². The summed E-state index contributed by atoms with van der Waals surface area (Å²) in [5, 5.41) is 26.3. The highest BCUT2D eigenvalue weighted by Gasteiger charge is 2.22. The number of aliphatic hydroxyl groups excluding tert-OH is 2. The van der Waals surface area contributed by atoms with Gasteiger partial charge < -0.3 is 15.3 Å². The molecule has 0 amide bonds. The molecule has 0 fully saturated rings. The summed E-state index contributed by atoms with van der Waals surface area (Å²) in [6.45, 7) is 0. The van der Waals surface area contributed by atoms with Crippen molar-refractivity contribution in [2.75, 3.05) is 5.88 Å². The van der Waals surface area contributed by atoms with Crippen molar-refractivity contribution < 1.29 is 20.1 Å². The molecule has 0 bridgehead atoms. The summed E-state index contributed by atoms with van der Waals surface area (Å²) in [7, 11) is 0. The lowest BCUT2D eigenvalue weighted by Crippen LogP contribution is -2.33. The molecule has 0 aliphatic heterocycles. The number of rotatable bonds is 7. The topological polar surface area (TPSA) is 77.8 Å². The Hall–Kier alpha value is -0.320. The van der Waals surface area contributed by atoms with Crippen LogP contribution in [0.4, 0.5) is 0 Å². The number of alkyl halides is 1. The summed E-state index contributed by atoms with van der Waals surface area (Å²) in [4.78, 5) is 10.2. The molecule has 2 unspecified atom stereocenters. The molecule has 2 atom stereocenters. The molecule has 78 valence electrons. The second kappa shape index (κ2) is 7.12. The van der Waals surface area contributed by atoms with Gasteiger partial charge in [-0.25, -0.2) is 4.79 Å². The number of carboxylic acids is 1. The van der Waals surface area contributed by atoms with Gasteiger partial charge >= 0.3 is 5.97 Å². The number of unbranched alkanes of at least 4 members (excludes halogenated alkanes) is 2. The van der Waals surface area contributed by atoms with E-state index in [-0.39, 0.29) is 0 Å². The number of hydrogen-bond acceptors (Lipinski definition) is 3. The number of aliphatic hydroxyl groups is 2. The average Bonchev–Trinajstić information content (AvgIpc) is 2.10. The number of hydrogen-bond donors (Lipinski definition) is 3. The molecule has 3 N–H and O–H groups in total. The molecule has 0 aliphatic carbocycles. The summed E-state index contributed by atoms with van der Waals surface area (Å²) >= 11 is 5.42. The Kier molecular flexibility index (Phi) is 6.94. The van der Waals surface area contributed by atoms with Gasteiger partial charge in [0.25, 0.3) is 0 Å². The van der Waals surface area contributed by atoms with Gasteiger partial charge in [-0.2, -0.15) is 0 Å². The highest BCUT2D eigenvalue weighted by atomic mass is 35.5. The molecule has 0 saturated heterocycles. The summed E-state index contributed by atoms with van der Waals surface area (Å²) in [6.07, 6.45) is -0.184. The maximum absolute atomic E-state index is 10.2. The fourth-order valence-electron chi connectivity index (χ4n) is 0.947. The molecule has 0 radical (unpaired) electrons. The van der Waals surface area contributed by atoms with E-state index < -0.39 is 18.2 Å². The molecule has 0 rings (SSSR count). The molecule has 0 saturated carbocycles. The van der Waals surface area contributed by atoms with E-state index in [4.69, 9.17) is 26.9 Å². The minimum absolute atomic E-state index is 0.296. The van der Waals surface area contributed by atoms with Crippen LogP contribution in [0.1, 0.15) is 25.7 Å². The van der Waals surface area contributed by atoms with Gasteiger partial charge in [0.2, 0.25) is 0 Å². The second-order valence-corrected chi connectivity index (χ2v) is 3.27. The lowest BCUT2D eigenvalue weighted by molar-refractivity contribution is -0.153. The first kappa shape index (κ1) is 12.7. The van der Waals surface area contributed by atoms with Crippen molar-refractivity contribution >= 4 is 17.6 Å². The Bertz CT molecular complexity index is 151. The quantitative estimate of drug-likeness (QED) is 0.425. The lowest BCUT2D eigenvalue weighted by Gasteiger charge is -2.12. The van der Waals surface area contributed by atoms with Gasteiger partial charge in [-0.15, -0.1) is 11.6 Å². The molecule has 13 heavy (non-hydrogen) atoms. The molecule has 5 heteroatoms. The van der Waals surface area contributed by atoms with Gasteiger partial charge in [0.15, 0.2) is 6.10 Å². The van der Waals surface area contributed by atoms with Crippen molar-refractivity contribution in [1.29, 1.82) is 0 Å². The van der Waals surface area contributed by atoms with Crippen LogP contribution in [0.15, 0.2) is 0 Å². The van der Waals surface area contributed by atoms with Gasteiger partial charge in [-0.3, -0.25) is 0 Å². The molecule has 0 spiro atoms. The van der Waals surface area contributed by atoms with E-state index in [1.807, 2.05) is 0 Å². The van der Waals surface area contributed by atoms with Crippen molar-refractivity contribution in [1.82, 2.24) is 0 Å². The maximum Gasteiger partial charge on any atom is 0.335 e. The summed E-state index contributed by atoms with van der Waals surface area (Å²) in [6, 6.07) is 0. The molecule has 0 aromatic carbocycles. The molecule has 4 nitrogen and oxygen atoms in total. The molecular weight excluding hydrogens is 196 g/mol. The van der Waals surface area contributed by atoms with Gasteiger partial charge in [0, 0.05) is 5.88 Å². The SMILES string of the molecule is O=C(O)C(O)C(O)CCCCCCl. The van der Waals surface area contributed by atoms with Gasteiger partial charge in [-0.1, -0.05) is 12.8 Å². The van der Waals surface area contributed by atoms with Crippen LogP contribution in [0.5, 0.6) is 0 Å². The van der Waals surface area contributed by atoms with Crippen LogP contribution >= 0.6 is 11.6 Å². The zero-order valence-corrected chi connectivity index (χ0v) is 8.07. The normalized spacial score (nSPS) is 15.3. The highest BCUT2D eigenvalue weighted by molar-refractivity contribution is 6.17. The number of halogens is 1. The fourth-order valence-corrected chi connectivity index (χ4v) is 1.14. The van der Waals surface area contributed by atoms with Gasteiger partial charge in [-0.05, 0) is 12.8 Å². The Morgan fingerprint density at radius 3 is 2.31 bits per heavy atom. The fraction of sp³-hybridized carbons (Fsp3) is 0.875. The second-order valence-electron chi connectivity index (χ2n) is 2.89. The third kappa shape index (κ3) is 5.85. The van der Waals surface area contributed by atoms with Crippen LogP contribution in [0.3, 0.4) is 0 Å². The smallest absolute Gasteiger partial charge is 0.335 e. The number of carbonyl (C=O) groups is 1. The van der Waals surface area contributed by atoms with E-state index in [2.05, 4.69) is 0 Å². The zero-order chi connectivity index (χ0) is 10.3. The van der Waals surface area contributed by atoms with E-state index in [1.165, 1.54) is 0 Å². The first-order valence-corrected chi connectivity index (χ1v) is 4.78. The molecule has 0 aliphatic rings. The Labute approximate surface area is 82.1 Å². The Balaban J connectivity index is 3.50. The first-order chi connectivity index (χ1) is 6.09. The third-order valence-corrected chi connectivity index (χ3v) is 2.02. The number of carboxylic acid groups (broad SMARTS) is 1. The number of aliphatic carboxylic acids is 1. The first-order valence-electron chi connectivity index (χ1n) is 4.24. The molecule has 0 aromatic heterocycles. The zero-order valence-electron chi connectivity index (χ0n) is 7.32. The van der Waals surface area contributed by atoms with Crippen LogP contribution in [0.2, 0.25) is 0 Å². The van der Waals surface area contributed by atoms with E-state index >= 15 is 0 Å². The van der Waals surface area contributed by atoms with E-state index in [0.29, 0.717) is 18.7 Å². The van der Waals surface area contributed by atoms with Crippen molar-refractivity contribution in [2.45, 2.75) is 37.9 Å². The van der Waals surface area contributed by atoms with Crippen molar-refractivity contribution in [3.05, 3.63) is 0 Å². The predicted octanol–water partition coefficient (Wildman–Crippen LogP) is 0.592. The van der Waals surface area contributed by atoms with Crippen LogP contribution in [0.25, 0.3) is 0 Å². The van der Waals surface area contributed by atoms with Crippen LogP contribution in [0, 0.1) is 0 Å². The summed E-state index contributed by atoms with van der Waals surface area (Å²) in [5.41, 5.74) is 0. The van der Waals surface area contributed by atoms with Crippen molar-refractivity contribution in [2.24, 2.45) is 0 Å².